The Labute approximate surface area is 190 Å². The normalized spacial score (nSPS) is 16.9. The van der Waals surface area contributed by atoms with Crippen molar-refractivity contribution in [1.82, 2.24) is 0 Å². The Balaban J connectivity index is 1.67. The maximum atomic E-state index is 15.2. The van der Waals surface area contributed by atoms with Crippen molar-refractivity contribution < 1.29 is 36.8 Å². The van der Waals surface area contributed by atoms with Gasteiger partial charge in [-0.2, -0.15) is 0 Å². The second-order valence-corrected chi connectivity index (χ2v) is 8.98. The van der Waals surface area contributed by atoms with Crippen LogP contribution in [0.3, 0.4) is 0 Å². The van der Waals surface area contributed by atoms with E-state index < -0.39 is 35.9 Å². The fourth-order valence-electron chi connectivity index (χ4n) is 3.66. The molecule has 9 heteroatoms. The number of furan rings is 1. The van der Waals surface area contributed by atoms with E-state index in [1.807, 2.05) is 27.7 Å². The molecule has 1 fully saturated rings. The highest BCUT2D eigenvalue weighted by molar-refractivity contribution is 6.64. The molecule has 0 unspecified atom stereocenters. The average Bonchev–Trinajstić information content (AvgIpc) is 3.31. The molecular formula is C24H25BF2O6. The van der Waals surface area contributed by atoms with Crippen LogP contribution in [0.2, 0.25) is 0 Å². The van der Waals surface area contributed by atoms with Gasteiger partial charge in [-0.3, -0.25) is 4.79 Å². The lowest BCUT2D eigenvalue weighted by molar-refractivity contribution is -0.139. The van der Waals surface area contributed by atoms with Gasteiger partial charge in [-0.25, -0.2) is 8.78 Å². The summed E-state index contributed by atoms with van der Waals surface area (Å²) < 4.78 is 57.2. The minimum atomic E-state index is -0.760. The van der Waals surface area contributed by atoms with Crippen molar-refractivity contribution in [2.45, 2.75) is 51.9 Å². The molecule has 0 radical (unpaired) electrons. The van der Waals surface area contributed by atoms with Crippen molar-refractivity contribution in [2.24, 2.45) is 0 Å². The third-order valence-corrected chi connectivity index (χ3v) is 6.25. The molecule has 4 rings (SSSR count). The van der Waals surface area contributed by atoms with Gasteiger partial charge in [0.25, 0.3) is 0 Å². The predicted molar refractivity (Wildman–Crippen MR) is 118 cm³/mol. The summed E-state index contributed by atoms with van der Waals surface area (Å²) in [4.78, 5) is 11.7. The van der Waals surface area contributed by atoms with Gasteiger partial charge < -0.3 is 23.2 Å². The Morgan fingerprint density at radius 3 is 2.39 bits per heavy atom. The lowest BCUT2D eigenvalue weighted by Crippen LogP contribution is -2.41. The zero-order valence-corrected chi connectivity index (χ0v) is 19.2. The molecule has 1 aliphatic rings. The van der Waals surface area contributed by atoms with E-state index >= 15 is 4.39 Å². The van der Waals surface area contributed by atoms with Gasteiger partial charge in [0.1, 0.15) is 29.6 Å². The largest absolute Gasteiger partial charge is 0.498 e. The summed E-state index contributed by atoms with van der Waals surface area (Å²) >= 11 is 0. The van der Waals surface area contributed by atoms with Gasteiger partial charge in [-0.15, -0.1) is 0 Å². The Bertz CT molecular complexity index is 1190. The van der Waals surface area contributed by atoms with Crippen molar-refractivity contribution in [3.63, 3.8) is 0 Å². The Morgan fingerprint density at radius 1 is 1.03 bits per heavy atom. The Morgan fingerprint density at radius 2 is 1.73 bits per heavy atom. The van der Waals surface area contributed by atoms with Crippen molar-refractivity contribution in [3.8, 4) is 5.75 Å². The first-order valence-electron chi connectivity index (χ1n) is 10.5. The van der Waals surface area contributed by atoms with Crippen LogP contribution < -0.4 is 10.2 Å². The van der Waals surface area contributed by atoms with Crippen LogP contribution in [0.25, 0.3) is 11.0 Å². The fourth-order valence-corrected chi connectivity index (χ4v) is 3.66. The smallest absolute Gasteiger partial charge is 0.488 e. The van der Waals surface area contributed by atoms with E-state index in [4.69, 9.17) is 18.5 Å². The van der Waals surface area contributed by atoms with Gasteiger partial charge in [-0.1, -0.05) is 0 Å². The van der Waals surface area contributed by atoms with E-state index in [9.17, 15) is 9.18 Å². The Hall–Kier alpha value is -2.91. The lowest BCUT2D eigenvalue weighted by Gasteiger charge is -2.32. The minimum absolute atomic E-state index is 0.167. The van der Waals surface area contributed by atoms with E-state index in [2.05, 4.69) is 4.74 Å². The SMILES string of the molecule is COC(=O)Cc1cc(F)ccc1OCc1cc(B2OC(C)(C)C(C)(C)O2)c2occc2c1F. The van der Waals surface area contributed by atoms with E-state index in [1.165, 1.54) is 37.6 Å². The summed E-state index contributed by atoms with van der Waals surface area (Å²) in [5.41, 5.74) is 0.252. The third-order valence-electron chi connectivity index (χ3n) is 6.25. The quantitative estimate of drug-likeness (QED) is 0.405. The molecule has 0 amide bonds. The lowest BCUT2D eigenvalue weighted by atomic mass is 9.77. The highest BCUT2D eigenvalue weighted by Crippen LogP contribution is 2.37. The number of carbonyl (C=O) groups excluding carboxylic acids is 1. The molecule has 2 aromatic carbocycles. The van der Waals surface area contributed by atoms with Crippen LogP contribution in [0.15, 0.2) is 41.0 Å². The van der Waals surface area contributed by atoms with Gasteiger partial charge >= 0.3 is 13.1 Å². The molecule has 0 N–H and O–H groups in total. The molecule has 6 nitrogen and oxygen atoms in total. The average molecular weight is 458 g/mol. The van der Waals surface area contributed by atoms with Crippen LogP contribution in [0.1, 0.15) is 38.8 Å². The molecule has 33 heavy (non-hydrogen) atoms. The summed E-state index contributed by atoms with van der Waals surface area (Å²) in [6.07, 6.45) is 1.23. The van der Waals surface area contributed by atoms with Gasteiger partial charge in [0.2, 0.25) is 0 Å². The van der Waals surface area contributed by atoms with Crippen molar-refractivity contribution >= 4 is 29.5 Å². The van der Waals surface area contributed by atoms with Gasteiger partial charge in [0, 0.05) is 16.6 Å². The number of hydrogen-bond donors (Lipinski definition) is 0. The molecule has 2 heterocycles. The molecule has 1 saturated heterocycles. The fraction of sp³-hybridized carbons (Fsp3) is 0.375. The number of benzene rings is 2. The summed E-state index contributed by atoms with van der Waals surface area (Å²) in [5.74, 6) is -1.31. The molecule has 0 bridgehead atoms. The minimum Gasteiger partial charge on any atom is -0.488 e. The monoisotopic (exact) mass is 458 g/mol. The van der Waals surface area contributed by atoms with E-state index in [1.54, 1.807) is 6.07 Å². The molecule has 1 aromatic heterocycles. The van der Waals surface area contributed by atoms with E-state index in [0.29, 0.717) is 16.6 Å². The third kappa shape index (κ3) is 4.35. The zero-order valence-electron chi connectivity index (χ0n) is 19.2. The van der Waals surface area contributed by atoms with Crippen LogP contribution in [-0.2, 0) is 31.9 Å². The maximum Gasteiger partial charge on any atom is 0.498 e. The number of ether oxygens (including phenoxy) is 2. The number of rotatable bonds is 6. The number of esters is 1. The predicted octanol–water partition coefficient (Wildman–Crippen LogP) is 4.30. The molecule has 1 aliphatic heterocycles. The molecular weight excluding hydrogens is 433 g/mol. The molecule has 3 aromatic rings. The first-order valence-corrected chi connectivity index (χ1v) is 10.5. The number of carbonyl (C=O) groups is 1. The van der Waals surface area contributed by atoms with Gasteiger partial charge in [0.05, 0.1) is 36.4 Å². The number of hydrogen-bond acceptors (Lipinski definition) is 6. The molecule has 0 aliphatic carbocycles. The topological polar surface area (TPSA) is 67.1 Å². The standard InChI is InChI=1S/C24H25BF2O6/c1-23(2)24(3,4)33-25(32-23)18-11-15(21(27)17-8-9-30-22(17)18)13-31-19-7-6-16(26)10-14(19)12-20(28)29-5/h6-11H,12-13H2,1-5H3. The highest BCUT2D eigenvalue weighted by atomic mass is 19.1. The van der Waals surface area contributed by atoms with Crippen LogP contribution in [0.4, 0.5) is 8.78 Å². The molecule has 174 valence electrons. The van der Waals surface area contributed by atoms with Crippen LogP contribution in [-0.4, -0.2) is 31.4 Å². The molecule has 0 atom stereocenters. The number of halogens is 2. The molecule has 0 saturated carbocycles. The van der Waals surface area contributed by atoms with Crippen LogP contribution in [0, 0.1) is 11.6 Å². The second-order valence-electron chi connectivity index (χ2n) is 8.98. The summed E-state index contributed by atoms with van der Waals surface area (Å²) in [6, 6.07) is 6.92. The first-order chi connectivity index (χ1) is 15.5. The summed E-state index contributed by atoms with van der Waals surface area (Å²) in [6.45, 7) is 7.54. The van der Waals surface area contributed by atoms with Crippen molar-refractivity contribution in [3.05, 3.63) is 59.4 Å². The second kappa shape index (κ2) is 8.46. The highest BCUT2D eigenvalue weighted by Gasteiger charge is 2.52. The number of methoxy groups -OCH3 is 1. The summed E-state index contributed by atoms with van der Waals surface area (Å²) in [7, 11) is 0.485. The van der Waals surface area contributed by atoms with Gasteiger partial charge in [0.15, 0.2) is 0 Å². The summed E-state index contributed by atoms with van der Waals surface area (Å²) in [5, 5.41) is 0.273. The zero-order chi connectivity index (χ0) is 24.0. The molecule has 0 spiro atoms. The van der Waals surface area contributed by atoms with E-state index in [-0.39, 0.29) is 29.7 Å². The van der Waals surface area contributed by atoms with E-state index in [0.717, 1.165) is 0 Å². The maximum absolute atomic E-state index is 15.2. The number of fused-ring (bicyclic) bond motifs is 1. The van der Waals surface area contributed by atoms with Gasteiger partial charge in [-0.05, 0) is 58.0 Å². The Kier molecular flexibility index (Phi) is 5.96. The first kappa shape index (κ1) is 23.3. The van der Waals surface area contributed by atoms with Crippen molar-refractivity contribution in [1.29, 1.82) is 0 Å². The van der Waals surface area contributed by atoms with Crippen LogP contribution in [0.5, 0.6) is 5.75 Å². The van der Waals surface area contributed by atoms with Crippen molar-refractivity contribution in [2.75, 3.05) is 7.11 Å². The van der Waals surface area contributed by atoms with Crippen LogP contribution >= 0.6 is 0 Å².